The molecular weight excluding hydrogens is 184 g/mol. The van der Waals surface area contributed by atoms with Crippen LogP contribution in [0.2, 0.25) is 0 Å². The third kappa shape index (κ3) is 1.53. The maximum atomic E-state index is 2.82. The van der Waals surface area contributed by atoms with Gasteiger partial charge in [-0.3, -0.25) is 9.80 Å². The molecule has 3 aliphatic rings. The van der Waals surface area contributed by atoms with Gasteiger partial charge in [0.25, 0.3) is 0 Å². The zero-order valence-electron chi connectivity index (χ0n) is 10.4. The maximum Gasteiger partial charge on any atom is 0.0255 e. The van der Waals surface area contributed by atoms with Gasteiger partial charge in [0.15, 0.2) is 0 Å². The van der Waals surface area contributed by atoms with Crippen molar-refractivity contribution in [2.75, 3.05) is 19.6 Å². The molecule has 0 radical (unpaired) electrons. The second-order valence-corrected chi connectivity index (χ2v) is 6.65. The molecule has 2 saturated heterocycles. The van der Waals surface area contributed by atoms with Crippen LogP contribution < -0.4 is 0 Å². The molecule has 3 fully saturated rings. The van der Waals surface area contributed by atoms with E-state index in [4.69, 9.17) is 0 Å². The summed E-state index contributed by atoms with van der Waals surface area (Å²) >= 11 is 0. The summed E-state index contributed by atoms with van der Waals surface area (Å²) < 4.78 is 0. The van der Waals surface area contributed by atoms with E-state index in [2.05, 4.69) is 30.6 Å². The predicted molar refractivity (Wildman–Crippen MR) is 62.9 cm³/mol. The van der Waals surface area contributed by atoms with Gasteiger partial charge in [-0.15, -0.1) is 0 Å². The van der Waals surface area contributed by atoms with Gasteiger partial charge in [-0.05, 0) is 46.0 Å². The molecule has 1 unspecified atom stereocenters. The van der Waals surface area contributed by atoms with Crippen molar-refractivity contribution in [2.45, 2.75) is 57.7 Å². The number of piperidine rings is 1. The SMILES string of the molecule is CC(C)(C)N1CCN2C(C1)[C@@H]1CC[C@H]2C1. The number of nitrogens with zero attached hydrogens (tertiary/aromatic N) is 2. The Morgan fingerprint density at radius 3 is 2.60 bits per heavy atom. The van der Waals surface area contributed by atoms with Gasteiger partial charge in [0.05, 0.1) is 0 Å². The molecular formula is C13H24N2. The number of hydrogen-bond donors (Lipinski definition) is 0. The largest absolute Gasteiger partial charge is 0.296 e. The zero-order chi connectivity index (χ0) is 10.6. The lowest BCUT2D eigenvalue weighted by Gasteiger charge is -2.48. The maximum absolute atomic E-state index is 2.82. The van der Waals surface area contributed by atoms with Crippen molar-refractivity contribution in [1.82, 2.24) is 9.80 Å². The fraction of sp³-hybridized carbons (Fsp3) is 1.00. The van der Waals surface area contributed by atoms with Crippen LogP contribution in [0.25, 0.3) is 0 Å². The van der Waals surface area contributed by atoms with E-state index in [1.165, 1.54) is 38.9 Å². The Balaban J connectivity index is 1.73. The predicted octanol–water partition coefficient (Wildman–Crippen LogP) is 1.95. The van der Waals surface area contributed by atoms with Crippen LogP contribution in [-0.4, -0.2) is 47.1 Å². The first-order valence-corrected chi connectivity index (χ1v) is 6.56. The number of fused-ring (bicyclic) bond motifs is 5. The molecule has 3 rings (SSSR count). The highest BCUT2D eigenvalue weighted by Gasteiger charge is 2.48. The Labute approximate surface area is 93.6 Å². The molecule has 0 aromatic rings. The van der Waals surface area contributed by atoms with Gasteiger partial charge in [-0.2, -0.15) is 0 Å². The van der Waals surface area contributed by atoms with Gasteiger partial charge in [0, 0.05) is 37.3 Å². The molecule has 1 aliphatic carbocycles. The Morgan fingerprint density at radius 1 is 1.07 bits per heavy atom. The van der Waals surface area contributed by atoms with Crippen LogP contribution >= 0.6 is 0 Å². The van der Waals surface area contributed by atoms with Crippen molar-refractivity contribution in [3.63, 3.8) is 0 Å². The van der Waals surface area contributed by atoms with Crippen molar-refractivity contribution in [3.8, 4) is 0 Å². The average Bonchev–Trinajstić information content (AvgIpc) is 2.76. The monoisotopic (exact) mass is 208 g/mol. The Morgan fingerprint density at radius 2 is 1.87 bits per heavy atom. The van der Waals surface area contributed by atoms with E-state index in [0.717, 1.165) is 18.0 Å². The summed E-state index contributed by atoms with van der Waals surface area (Å²) in [5, 5.41) is 0. The number of hydrogen-bond acceptors (Lipinski definition) is 2. The van der Waals surface area contributed by atoms with E-state index < -0.39 is 0 Å². The summed E-state index contributed by atoms with van der Waals surface area (Å²) in [6, 6.07) is 1.86. The highest BCUT2D eigenvalue weighted by atomic mass is 15.3. The number of rotatable bonds is 0. The minimum atomic E-state index is 0.369. The van der Waals surface area contributed by atoms with Gasteiger partial charge < -0.3 is 0 Å². The van der Waals surface area contributed by atoms with Gasteiger partial charge in [0.1, 0.15) is 0 Å². The van der Waals surface area contributed by atoms with E-state index in [1.807, 2.05) is 0 Å². The van der Waals surface area contributed by atoms with Gasteiger partial charge in [-0.25, -0.2) is 0 Å². The molecule has 0 N–H and O–H groups in total. The van der Waals surface area contributed by atoms with E-state index in [-0.39, 0.29) is 0 Å². The Bertz CT molecular complexity index is 256. The van der Waals surface area contributed by atoms with Crippen LogP contribution in [0.1, 0.15) is 40.0 Å². The van der Waals surface area contributed by atoms with Crippen LogP contribution in [0.3, 0.4) is 0 Å². The first-order valence-electron chi connectivity index (χ1n) is 6.56. The highest BCUT2D eigenvalue weighted by Crippen LogP contribution is 2.44. The van der Waals surface area contributed by atoms with Crippen LogP contribution in [0.4, 0.5) is 0 Å². The lowest BCUT2D eigenvalue weighted by Crippen LogP contribution is -2.59. The average molecular weight is 208 g/mol. The molecule has 2 aliphatic heterocycles. The van der Waals surface area contributed by atoms with Crippen LogP contribution in [0, 0.1) is 5.92 Å². The molecule has 3 atom stereocenters. The van der Waals surface area contributed by atoms with Crippen molar-refractivity contribution >= 4 is 0 Å². The lowest BCUT2D eigenvalue weighted by atomic mass is 9.94. The third-order valence-electron chi connectivity index (χ3n) is 4.87. The summed E-state index contributed by atoms with van der Waals surface area (Å²) in [4.78, 5) is 5.51. The van der Waals surface area contributed by atoms with E-state index in [0.29, 0.717) is 5.54 Å². The van der Waals surface area contributed by atoms with E-state index in [9.17, 15) is 0 Å². The van der Waals surface area contributed by atoms with E-state index >= 15 is 0 Å². The van der Waals surface area contributed by atoms with Crippen molar-refractivity contribution in [3.05, 3.63) is 0 Å². The molecule has 86 valence electrons. The minimum absolute atomic E-state index is 0.369. The fourth-order valence-corrected chi connectivity index (χ4v) is 3.95. The molecule has 2 heterocycles. The van der Waals surface area contributed by atoms with Crippen molar-refractivity contribution in [1.29, 1.82) is 0 Å². The van der Waals surface area contributed by atoms with E-state index in [1.54, 1.807) is 0 Å². The smallest absolute Gasteiger partial charge is 0.0255 e. The normalized spacial score (nSPS) is 42.2. The molecule has 15 heavy (non-hydrogen) atoms. The number of piperazine rings is 1. The summed E-state index contributed by atoms with van der Waals surface area (Å²) in [5.74, 6) is 1.03. The minimum Gasteiger partial charge on any atom is -0.296 e. The molecule has 0 spiro atoms. The van der Waals surface area contributed by atoms with Gasteiger partial charge in [-0.1, -0.05) is 0 Å². The zero-order valence-corrected chi connectivity index (χ0v) is 10.4. The standard InChI is InChI=1S/C13H24N2/c1-13(2,3)14-6-7-15-11-5-4-10(8-11)12(15)9-14/h10-12H,4-9H2,1-3H3/t10-,11+,12?/m1/s1. The van der Waals surface area contributed by atoms with Crippen molar-refractivity contribution < 1.29 is 0 Å². The fourth-order valence-electron chi connectivity index (χ4n) is 3.95. The quantitative estimate of drug-likeness (QED) is 0.600. The van der Waals surface area contributed by atoms with Crippen LogP contribution in [-0.2, 0) is 0 Å². The summed E-state index contributed by atoms with van der Waals surface area (Å²) in [7, 11) is 0. The third-order valence-corrected chi connectivity index (χ3v) is 4.87. The molecule has 1 saturated carbocycles. The molecule has 0 amide bonds. The van der Waals surface area contributed by atoms with Crippen LogP contribution in [0.15, 0.2) is 0 Å². The van der Waals surface area contributed by atoms with Crippen molar-refractivity contribution in [2.24, 2.45) is 5.92 Å². The molecule has 2 bridgehead atoms. The summed E-state index contributed by atoms with van der Waals surface area (Å²) in [6.07, 6.45) is 4.49. The second kappa shape index (κ2) is 3.21. The molecule has 0 aromatic heterocycles. The van der Waals surface area contributed by atoms with Gasteiger partial charge in [0.2, 0.25) is 0 Å². The second-order valence-electron chi connectivity index (χ2n) is 6.65. The van der Waals surface area contributed by atoms with Crippen LogP contribution in [0.5, 0.6) is 0 Å². The Hall–Kier alpha value is -0.0800. The molecule has 2 heteroatoms. The topological polar surface area (TPSA) is 6.48 Å². The molecule has 0 aromatic carbocycles. The first-order chi connectivity index (χ1) is 7.05. The Kier molecular flexibility index (Phi) is 2.16. The lowest BCUT2D eigenvalue weighted by molar-refractivity contribution is 0.00209. The first kappa shape index (κ1) is 10.1. The molecule has 2 nitrogen and oxygen atoms in total. The summed E-state index contributed by atoms with van der Waals surface area (Å²) in [5.41, 5.74) is 0.369. The summed E-state index contributed by atoms with van der Waals surface area (Å²) in [6.45, 7) is 11.0. The van der Waals surface area contributed by atoms with Gasteiger partial charge >= 0.3 is 0 Å². The highest BCUT2D eigenvalue weighted by molar-refractivity contribution is 5.03.